The minimum Gasteiger partial charge on any atom is -0.348 e. The summed E-state index contributed by atoms with van der Waals surface area (Å²) in [5.41, 5.74) is 1.91. The van der Waals surface area contributed by atoms with Crippen molar-refractivity contribution in [3.8, 4) is 11.3 Å². The highest BCUT2D eigenvalue weighted by atomic mass is 19.1. The lowest BCUT2D eigenvalue weighted by atomic mass is 10.1. The number of aromatic nitrogens is 4. The maximum absolute atomic E-state index is 13.1. The van der Waals surface area contributed by atoms with Crippen molar-refractivity contribution in [3.63, 3.8) is 0 Å². The predicted molar refractivity (Wildman–Crippen MR) is 93.9 cm³/mol. The topological polar surface area (TPSA) is 75.9 Å². The molecule has 8 heteroatoms. The third kappa shape index (κ3) is 3.13. The number of aryl methyl sites for hydroxylation is 1. The zero-order chi connectivity index (χ0) is 18.1. The first-order chi connectivity index (χ1) is 12.6. The first-order valence-electron chi connectivity index (χ1n) is 8.23. The Labute approximate surface area is 149 Å². The fraction of sp³-hybridized carbons (Fsp3) is 0.222. The molecule has 1 aliphatic rings. The summed E-state index contributed by atoms with van der Waals surface area (Å²) < 4.78 is 14.6. The van der Waals surface area contributed by atoms with Gasteiger partial charge in [-0.2, -0.15) is 5.10 Å². The molecule has 0 saturated carbocycles. The van der Waals surface area contributed by atoms with E-state index in [1.807, 2.05) is 0 Å². The zero-order valence-electron chi connectivity index (χ0n) is 14.1. The lowest BCUT2D eigenvalue weighted by Crippen LogP contribution is -2.57. The molecule has 1 saturated heterocycles. The van der Waals surface area contributed by atoms with Crippen LogP contribution in [0.25, 0.3) is 11.3 Å². The first kappa shape index (κ1) is 16.2. The molecule has 3 aromatic rings. The minimum absolute atomic E-state index is 0.0830. The summed E-state index contributed by atoms with van der Waals surface area (Å²) in [4.78, 5) is 22.7. The van der Waals surface area contributed by atoms with Gasteiger partial charge in [-0.25, -0.2) is 14.4 Å². The van der Waals surface area contributed by atoms with Crippen LogP contribution in [-0.2, 0) is 7.05 Å². The number of benzene rings is 1. The van der Waals surface area contributed by atoms with Crippen molar-refractivity contribution in [1.29, 1.82) is 0 Å². The summed E-state index contributed by atoms with van der Waals surface area (Å²) in [5.74, 6) is 0.173. The van der Waals surface area contributed by atoms with Gasteiger partial charge in [-0.3, -0.25) is 9.48 Å². The molecule has 0 unspecified atom stereocenters. The smallest absolute Gasteiger partial charge is 0.272 e. The summed E-state index contributed by atoms with van der Waals surface area (Å²) in [7, 11) is 1.73. The number of nitrogens with one attached hydrogen (secondary N) is 1. The summed E-state index contributed by atoms with van der Waals surface area (Å²) in [6, 6.07) is 9.67. The number of rotatable bonds is 4. The molecule has 26 heavy (non-hydrogen) atoms. The Morgan fingerprint density at radius 2 is 1.88 bits per heavy atom. The van der Waals surface area contributed by atoms with E-state index in [-0.39, 0.29) is 17.8 Å². The number of amides is 1. The molecule has 1 aromatic carbocycles. The highest BCUT2D eigenvalue weighted by Gasteiger charge is 2.33. The van der Waals surface area contributed by atoms with Gasteiger partial charge < -0.3 is 10.2 Å². The van der Waals surface area contributed by atoms with E-state index in [1.54, 1.807) is 53.3 Å². The number of carbonyl (C=O) groups excluding carboxylic acids is 1. The standard InChI is InChI=1S/C18H17FN6O/c1-24-16(9-15(23-24)12-3-5-13(19)6-4-12)17(26)25-10-14(11-25)22-18-20-7-2-8-21-18/h2-9,14H,10-11H2,1H3,(H,20,21,22). The second-order valence-electron chi connectivity index (χ2n) is 6.17. The molecule has 0 bridgehead atoms. The van der Waals surface area contributed by atoms with E-state index >= 15 is 0 Å². The van der Waals surface area contributed by atoms with Crippen LogP contribution in [0.15, 0.2) is 48.8 Å². The molecular formula is C18H17FN6O. The van der Waals surface area contributed by atoms with Gasteiger partial charge >= 0.3 is 0 Å². The second kappa shape index (κ2) is 6.55. The fourth-order valence-corrected chi connectivity index (χ4v) is 2.88. The van der Waals surface area contributed by atoms with Crippen molar-refractivity contribution in [2.45, 2.75) is 6.04 Å². The Morgan fingerprint density at radius 3 is 2.58 bits per heavy atom. The van der Waals surface area contributed by atoms with Crippen LogP contribution in [0.5, 0.6) is 0 Å². The molecule has 1 fully saturated rings. The molecule has 0 radical (unpaired) electrons. The summed E-state index contributed by atoms with van der Waals surface area (Å²) >= 11 is 0. The van der Waals surface area contributed by atoms with Gasteiger partial charge in [0, 0.05) is 38.1 Å². The molecule has 0 atom stereocenters. The van der Waals surface area contributed by atoms with Gasteiger partial charge in [0.1, 0.15) is 11.5 Å². The van der Waals surface area contributed by atoms with Gasteiger partial charge in [0.2, 0.25) is 5.95 Å². The van der Waals surface area contributed by atoms with Crippen LogP contribution >= 0.6 is 0 Å². The van der Waals surface area contributed by atoms with E-state index in [4.69, 9.17) is 0 Å². The Balaban J connectivity index is 1.42. The average Bonchev–Trinajstić information content (AvgIpc) is 3.00. The van der Waals surface area contributed by atoms with Crippen LogP contribution in [0.4, 0.5) is 10.3 Å². The van der Waals surface area contributed by atoms with Crippen molar-refractivity contribution >= 4 is 11.9 Å². The summed E-state index contributed by atoms with van der Waals surface area (Å²) in [5, 5.41) is 7.56. The van der Waals surface area contributed by atoms with Crippen molar-refractivity contribution in [2.24, 2.45) is 7.05 Å². The summed E-state index contributed by atoms with van der Waals surface area (Å²) in [6.07, 6.45) is 3.34. The van der Waals surface area contributed by atoms with Crippen LogP contribution in [0.1, 0.15) is 10.5 Å². The monoisotopic (exact) mass is 352 g/mol. The maximum atomic E-state index is 13.1. The minimum atomic E-state index is -0.303. The first-order valence-corrected chi connectivity index (χ1v) is 8.23. The molecule has 2 aromatic heterocycles. The Kier molecular flexibility index (Phi) is 4.08. The molecule has 1 amide bonds. The van der Waals surface area contributed by atoms with Gasteiger partial charge in [0.25, 0.3) is 5.91 Å². The van der Waals surface area contributed by atoms with Gasteiger partial charge in [0.15, 0.2) is 0 Å². The Morgan fingerprint density at radius 1 is 1.19 bits per heavy atom. The predicted octanol–water partition coefficient (Wildman–Crippen LogP) is 1.95. The molecule has 0 spiro atoms. The van der Waals surface area contributed by atoms with Crippen molar-refractivity contribution < 1.29 is 9.18 Å². The molecule has 1 aliphatic heterocycles. The third-order valence-electron chi connectivity index (χ3n) is 4.31. The number of halogens is 1. The molecule has 3 heterocycles. The summed E-state index contributed by atoms with van der Waals surface area (Å²) in [6.45, 7) is 1.16. The van der Waals surface area contributed by atoms with E-state index < -0.39 is 0 Å². The molecule has 132 valence electrons. The van der Waals surface area contributed by atoms with E-state index in [9.17, 15) is 9.18 Å². The number of hydrogen-bond acceptors (Lipinski definition) is 5. The lowest BCUT2D eigenvalue weighted by molar-refractivity contribution is 0.0613. The maximum Gasteiger partial charge on any atom is 0.272 e. The average molecular weight is 352 g/mol. The largest absolute Gasteiger partial charge is 0.348 e. The van der Waals surface area contributed by atoms with E-state index in [0.29, 0.717) is 30.4 Å². The van der Waals surface area contributed by atoms with Crippen LogP contribution in [0, 0.1) is 5.82 Å². The molecule has 4 rings (SSSR count). The molecule has 0 aliphatic carbocycles. The van der Waals surface area contributed by atoms with Gasteiger partial charge in [-0.05, 0) is 36.4 Å². The SMILES string of the molecule is Cn1nc(-c2ccc(F)cc2)cc1C(=O)N1CC(Nc2ncccn2)C1. The van der Waals surface area contributed by atoms with Crippen molar-refractivity contribution in [3.05, 3.63) is 60.3 Å². The van der Waals surface area contributed by atoms with E-state index in [1.165, 1.54) is 12.1 Å². The van der Waals surface area contributed by atoms with Crippen LogP contribution in [0.2, 0.25) is 0 Å². The van der Waals surface area contributed by atoms with Crippen molar-refractivity contribution in [1.82, 2.24) is 24.6 Å². The second-order valence-corrected chi connectivity index (χ2v) is 6.17. The fourth-order valence-electron chi connectivity index (χ4n) is 2.88. The van der Waals surface area contributed by atoms with Crippen molar-refractivity contribution in [2.75, 3.05) is 18.4 Å². The Bertz CT molecular complexity index is 919. The van der Waals surface area contributed by atoms with Crippen LogP contribution < -0.4 is 5.32 Å². The van der Waals surface area contributed by atoms with Gasteiger partial charge in [0.05, 0.1) is 11.7 Å². The normalized spacial score (nSPS) is 14.2. The van der Waals surface area contributed by atoms with E-state index in [2.05, 4.69) is 20.4 Å². The number of likely N-dealkylation sites (tertiary alicyclic amines) is 1. The van der Waals surface area contributed by atoms with E-state index in [0.717, 1.165) is 5.56 Å². The molecule has 7 nitrogen and oxygen atoms in total. The number of carbonyl (C=O) groups is 1. The number of nitrogens with zero attached hydrogens (tertiary/aromatic N) is 5. The van der Waals surface area contributed by atoms with Gasteiger partial charge in [-0.1, -0.05) is 0 Å². The van der Waals surface area contributed by atoms with Crippen LogP contribution in [-0.4, -0.2) is 49.7 Å². The van der Waals surface area contributed by atoms with Crippen LogP contribution in [0.3, 0.4) is 0 Å². The zero-order valence-corrected chi connectivity index (χ0v) is 14.1. The quantitative estimate of drug-likeness (QED) is 0.777. The highest BCUT2D eigenvalue weighted by molar-refractivity contribution is 5.94. The number of hydrogen-bond donors (Lipinski definition) is 1. The lowest BCUT2D eigenvalue weighted by Gasteiger charge is -2.39. The van der Waals surface area contributed by atoms with Gasteiger partial charge in [-0.15, -0.1) is 0 Å². The molecular weight excluding hydrogens is 335 g/mol. The molecule has 1 N–H and O–H groups in total. The Hall–Kier alpha value is -3.29. The third-order valence-corrected chi connectivity index (χ3v) is 4.31. The highest BCUT2D eigenvalue weighted by Crippen LogP contribution is 2.22. The number of anilines is 1.